The Labute approximate surface area is 73.6 Å². The van der Waals surface area contributed by atoms with Crippen LogP contribution in [0.2, 0.25) is 0 Å². The van der Waals surface area contributed by atoms with E-state index in [1.54, 1.807) is 0 Å². The van der Waals surface area contributed by atoms with Gasteiger partial charge in [0.25, 0.3) is 0 Å². The van der Waals surface area contributed by atoms with Crippen LogP contribution in [0.4, 0.5) is 0 Å². The van der Waals surface area contributed by atoms with Gasteiger partial charge in [0.05, 0.1) is 0 Å². The second kappa shape index (κ2) is 8.88. The fourth-order valence-electron chi connectivity index (χ4n) is 0. The van der Waals surface area contributed by atoms with E-state index in [0.717, 1.165) is 6.20 Å². The average molecular weight is 93.1 g/mol. The minimum Gasteiger partial charge on any atom is -0.710 e. The van der Waals surface area contributed by atoms with Crippen LogP contribution >= 0.6 is 0 Å². The molecule has 5 heavy (non-hydrogen) atoms. The van der Waals surface area contributed by atoms with E-state index in [2.05, 4.69) is 11.7 Å². The molecule has 3 heteroatoms. The minimum absolute atomic E-state index is 0. The van der Waals surface area contributed by atoms with Crippen molar-refractivity contribution in [2.24, 2.45) is 5.11 Å². The summed E-state index contributed by atoms with van der Waals surface area (Å²) < 4.78 is 0. The van der Waals surface area contributed by atoms with Crippen LogP contribution in [-0.4, -0.2) is 0 Å². The van der Waals surface area contributed by atoms with Crippen LogP contribution in [0, 0.1) is 6.58 Å². The Bertz CT molecular complexity index is 28.6. The van der Waals surface area contributed by atoms with E-state index < -0.39 is 0 Å². The number of nitrogens with zero attached hydrogens (tertiary/aromatic N) is 2. The quantitative estimate of drug-likeness (QED) is 0.203. The molecule has 22 valence electrons. The Kier molecular flexibility index (Phi) is 16.6. The van der Waals surface area contributed by atoms with Crippen molar-refractivity contribution in [3.63, 3.8) is 0 Å². The molecule has 0 bridgehead atoms. The molecule has 0 aliphatic carbocycles. The van der Waals surface area contributed by atoms with Crippen LogP contribution in [0.3, 0.4) is 0 Å². The van der Waals surface area contributed by atoms with Crippen LogP contribution in [-0.2, 0) is 0 Å². The Hall–Kier alpha value is 0.976. The van der Waals surface area contributed by atoms with E-state index in [9.17, 15) is 0 Å². The van der Waals surface area contributed by atoms with Crippen molar-refractivity contribution in [1.82, 2.24) is 0 Å². The summed E-state index contributed by atoms with van der Waals surface area (Å²) in [6.45, 7) is 4.49. The molecule has 0 aliphatic rings. The van der Waals surface area contributed by atoms with Gasteiger partial charge in [-0.25, -0.2) is 0 Å². The van der Waals surface area contributed by atoms with E-state index in [0.29, 0.717) is 0 Å². The molecule has 0 aromatic carbocycles. The van der Waals surface area contributed by atoms with Crippen molar-refractivity contribution < 1.29 is 51.4 Å². The van der Waals surface area contributed by atoms with Gasteiger partial charge in [0.1, 0.15) is 0 Å². The number of hydrogen-bond acceptors (Lipinski definition) is 1. The van der Waals surface area contributed by atoms with Gasteiger partial charge in [-0.2, -0.15) is 6.20 Å². The summed E-state index contributed by atoms with van der Waals surface area (Å²) in [6.07, 6.45) is 0.806. The molecule has 0 unspecified atom stereocenters. The van der Waals surface area contributed by atoms with Crippen molar-refractivity contribution >= 4 is 0 Å². The van der Waals surface area contributed by atoms with Gasteiger partial charge in [-0.15, -0.1) is 0 Å². The van der Waals surface area contributed by atoms with Gasteiger partial charge in [-0.1, -0.05) is 0 Å². The molecule has 0 aromatic heterocycles. The SMILES string of the molecule is [CH-]=CN=[N-].[K+]. The first-order chi connectivity index (χ1) is 1.91. The maximum absolute atomic E-state index is 7.32. The predicted molar refractivity (Wildman–Crippen MR) is 14.7 cm³/mol. The van der Waals surface area contributed by atoms with Gasteiger partial charge in [-0.05, 0) is 0 Å². The molecule has 2 nitrogen and oxygen atoms in total. The molecule has 0 saturated heterocycles. The summed E-state index contributed by atoms with van der Waals surface area (Å²) >= 11 is 0. The van der Waals surface area contributed by atoms with Gasteiger partial charge in [0.15, 0.2) is 0 Å². The second-order valence-electron chi connectivity index (χ2n) is 0.265. The third kappa shape index (κ3) is 11.3. The molecule has 0 spiro atoms. The van der Waals surface area contributed by atoms with Gasteiger partial charge < -0.3 is 17.2 Å². The molecular formula is C2H2KN2-. The van der Waals surface area contributed by atoms with Crippen LogP contribution in [0.25, 0.3) is 5.53 Å². The van der Waals surface area contributed by atoms with Gasteiger partial charge >= 0.3 is 51.4 Å². The zero-order valence-corrected chi connectivity index (χ0v) is 6.17. The molecule has 0 aromatic rings. The maximum Gasteiger partial charge on any atom is 1.00 e. The van der Waals surface area contributed by atoms with Crippen molar-refractivity contribution in [3.8, 4) is 0 Å². The molecule has 0 radical (unpaired) electrons. The fourth-order valence-corrected chi connectivity index (χ4v) is 0. The molecule has 0 atom stereocenters. The molecule has 0 amide bonds. The van der Waals surface area contributed by atoms with Crippen molar-refractivity contribution in [1.29, 1.82) is 0 Å². The van der Waals surface area contributed by atoms with E-state index in [1.807, 2.05) is 0 Å². The summed E-state index contributed by atoms with van der Waals surface area (Å²) in [5.74, 6) is 0. The summed E-state index contributed by atoms with van der Waals surface area (Å²) in [6, 6.07) is 0. The molecule has 0 aliphatic heterocycles. The fraction of sp³-hybridized carbons (Fsp3) is 0. The van der Waals surface area contributed by atoms with Crippen molar-refractivity contribution in [2.75, 3.05) is 0 Å². The summed E-state index contributed by atoms with van der Waals surface area (Å²) in [7, 11) is 0. The summed E-state index contributed by atoms with van der Waals surface area (Å²) in [5.41, 5.74) is 7.32. The Balaban J connectivity index is 0. The first kappa shape index (κ1) is 9.36. The minimum atomic E-state index is 0. The Morgan fingerprint density at radius 3 is 2.00 bits per heavy atom. The molecular weight excluding hydrogens is 91.1 g/mol. The van der Waals surface area contributed by atoms with E-state index in [-0.39, 0.29) is 51.4 Å². The Morgan fingerprint density at radius 2 is 2.00 bits per heavy atom. The topological polar surface area (TPSA) is 34.7 Å². The second-order valence-corrected chi connectivity index (χ2v) is 0.265. The predicted octanol–water partition coefficient (Wildman–Crippen LogP) is -2.04. The van der Waals surface area contributed by atoms with Crippen molar-refractivity contribution in [2.45, 2.75) is 0 Å². The van der Waals surface area contributed by atoms with Crippen molar-refractivity contribution in [3.05, 3.63) is 18.3 Å². The molecule has 0 fully saturated rings. The van der Waals surface area contributed by atoms with Crippen LogP contribution in [0.5, 0.6) is 0 Å². The normalized spacial score (nSPS) is 4.00. The largest absolute Gasteiger partial charge is 1.00 e. The van der Waals surface area contributed by atoms with Crippen LogP contribution in [0.15, 0.2) is 11.3 Å². The van der Waals surface area contributed by atoms with Crippen LogP contribution in [0.1, 0.15) is 0 Å². The monoisotopic (exact) mass is 93.0 g/mol. The third-order valence-electron chi connectivity index (χ3n) is 0.0667. The standard InChI is InChI=1S/C2H2N2.K/c1-2-4-3;/h1-2H;/q-2;+1. The zero-order chi connectivity index (χ0) is 3.41. The van der Waals surface area contributed by atoms with Gasteiger partial charge in [-0.3, -0.25) is 0 Å². The maximum atomic E-state index is 7.32. The number of rotatable bonds is 1. The van der Waals surface area contributed by atoms with Gasteiger partial charge in [0, 0.05) is 0 Å². The molecule has 0 heterocycles. The molecule has 0 saturated carbocycles. The molecule has 0 N–H and O–H groups in total. The smallest absolute Gasteiger partial charge is 0.710 e. The Morgan fingerprint density at radius 1 is 1.80 bits per heavy atom. The molecule has 0 rings (SSSR count). The zero-order valence-electron chi connectivity index (χ0n) is 3.05. The van der Waals surface area contributed by atoms with E-state index in [1.165, 1.54) is 0 Å². The third-order valence-corrected chi connectivity index (χ3v) is 0.0667. The van der Waals surface area contributed by atoms with E-state index >= 15 is 0 Å². The van der Waals surface area contributed by atoms with E-state index in [4.69, 9.17) is 5.53 Å². The first-order valence-corrected chi connectivity index (χ1v) is 0.792. The van der Waals surface area contributed by atoms with Crippen LogP contribution < -0.4 is 51.4 Å². The first-order valence-electron chi connectivity index (χ1n) is 0.792. The summed E-state index contributed by atoms with van der Waals surface area (Å²) in [5, 5.41) is 2.39. The summed E-state index contributed by atoms with van der Waals surface area (Å²) in [4.78, 5) is 0. The van der Waals surface area contributed by atoms with Gasteiger partial charge in [0.2, 0.25) is 0 Å². The number of hydrogen-bond donors (Lipinski definition) is 0. The average Bonchev–Trinajstić information content (AvgIpc) is 1.37.